The summed E-state index contributed by atoms with van der Waals surface area (Å²) in [5.41, 5.74) is 1.20. The van der Waals surface area contributed by atoms with Gasteiger partial charge in [0.1, 0.15) is 10.8 Å². The number of aromatic nitrogens is 2. The average molecular weight is 388 g/mol. The Morgan fingerprint density at radius 1 is 1.30 bits per heavy atom. The van der Waals surface area contributed by atoms with Crippen molar-refractivity contribution in [2.45, 2.75) is 19.3 Å². The van der Waals surface area contributed by atoms with Crippen molar-refractivity contribution in [2.24, 2.45) is 7.05 Å². The van der Waals surface area contributed by atoms with Crippen LogP contribution in [0.25, 0.3) is 10.6 Å². The second kappa shape index (κ2) is 7.71. The Morgan fingerprint density at radius 2 is 2.07 bits per heavy atom. The Balaban J connectivity index is 1.62. The van der Waals surface area contributed by atoms with Crippen LogP contribution in [-0.4, -0.2) is 31.5 Å². The molecule has 3 rings (SSSR count). The SMILES string of the molecule is Cn1cc(CC(=O)CCc2cnc(-c3ccc(O)c(F)c3)s2)c(C(=O)O)c1. The summed E-state index contributed by atoms with van der Waals surface area (Å²) in [7, 11) is 1.71. The minimum absolute atomic E-state index is 0.0608. The molecule has 1 aromatic carbocycles. The fraction of sp³-hybridized carbons (Fsp3) is 0.211. The maximum absolute atomic E-state index is 13.5. The van der Waals surface area contributed by atoms with Crippen LogP contribution in [0.2, 0.25) is 0 Å². The molecule has 2 aromatic heterocycles. The number of carbonyl (C=O) groups excluding carboxylic acids is 1. The van der Waals surface area contributed by atoms with E-state index in [4.69, 9.17) is 0 Å². The topological polar surface area (TPSA) is 92.4 Å². The van der Waals surface area contributed by atoms with Gasteiger partial charge in [0.25, 0.3) is 0 Å². The van der Waals surface area contributed by atoms with Crippen LogP contribution < -0.4 is 0 Å². The number of nitrogens with zero attached hydrogens (tertiary/aromatic N) is 2. The third kappa shape index (κ3) is 4.40. The quantitative estimate of drug-likeness (QED) is 0.647. The standard InChI is InChI=1S/C19H17FN2O4S/c1-22-9-12(15(10-22)19(25)26)6-13(23)3-4-14-8-21-18(27-14)11-2-5-17(24)16(20)7-11/h2,5,7-10,24H,3-4,6H2,1H3,(H,25,26). The number of phenols is 1. The van der Waals surface area contributed by atoms with Crippen LogP contribution in [-0.2, 0) is 24.7 Å². The summed E-state index contributed by atoms with van der Waals surface area (Å²) in [5, 5.41) is 19.0. The van der Waals surface area contributed by atoms with E-state index >= 15 is 0 Å². The first-order valence-electron chi connectivity index (χ1n) is 8.17. The van der Waals surface area contributed by atoms with Crippen molar-refractivity contribution < 1.29 is 24.2 Å². The van der Waals surface area contributed by atoms with E-state index < -0.39 is 17.5 Å². The molecule has 2 N–H and O–H groups in total. The molecule has 0 atom stereocenters. The van der Waals surface area contributed by atoms with Crippen molar-refractivity contribution >= 4 is 23.1 Å². The van der Waals surface area contributed by atoms with Gasteiger partial charge in [-0.15, -0.1) is 11.3 Å². The van der Waals surface area contributed by atoms with Gasteiger partial charge in [-0.05, 0) is 30.2 Å². The van der Waals surface area contributed by atoms with Crippen LogP contribution in [0.4, 0.5) is 4.39 Å². The number of benzene rings is 1. The fourth-order valence-corrected chi connectivity index (χ4v) is 3.64. The number of rotatable bonds is 7. The maximum Gasteiger partial charge on any atom is 0.337 e. The van der Waals surface area contributed by atoms with Gasteiger partial charge in [-0.1, -0.05) is 0 Å². The summed E-state index contributed by atoms with van der Waals surface area (Å²) in [6.07, 6.45) is 5.58. The molecule has 0 bridgehead atoms. The molecule has 0 spiro atoms. The van der Waals surface area contributed by atoms with Gasteiger partial charge in [0.05, 0.1) is 5.56 Å². The van der Waals surface area contributed by atoms with E-state index in [9.17, 15) is 24.2 Å². The van der Waals surface area contributed by atoms with E-state index in [-0.39, 0.29) is 24.2 Å². The van der Waals surface area contributed by atoms with E-state index in [2.05, 4.69) is 4.98 Å². The summed E-state index contributed by atoms with van der Waals surface area (Å²) >= 11 is 1.35. The van der Waals surface area contributed by atoms with Gasteiger partial charge in [0.2, 0.25) is 0 Å². The van der Waals surface area contributed by atoms with Crippen molar-refractivity contribution in [2.75, 3.05) is 0 Å². The van der Waals surface area contributed by atoms with Gasteiger partial charge in [0, 0.05) is 48.9 Å². The summed E-state index contributed by atoms with van der Waals surface area (Å²) in [6.45, 7) is 0. The number of carbonyl (C=O) groups is 2. The molecule has 27 heavy (non-hydrogen) atoms. The van der Waals surface area contributed by atoms with Gasteiger partial charge in [-0.3, -0.25) is 4.79 Å². The second-order valence-electron chi connectivity index (χ2n) is 6.18. The number of carboxylic acids is 1. The third-order valence-electron chi connectivity index (χ3n) is 4.05. The fourth-order valence-electron chi connectivity index (χ4n) is 2.73. The first kappa shape index (κ1) is 18.8. The van der Waals surface area contributed by atoms with Crippen LogP contribution in [0.3, 0.4) is 0 Å². The third-order valence-corrected chi connectivity index (χ3v) is 5.16. The molecule has 0 aliphatic carbocycles. The lowest BCUT2D eigenvalue weighted by atomic mass is 10.0. The molecule has 0 saturated carbocycles. The molecule has 0 unspecified atom stereocenters. The molecule has 0 radical (unpaired) electrons. The van der Waals surface area contributed by atoms with Gasteiger partial charge < -0.3 is 14.8 Å². The Kier molecular flexibility index (Phi) is 5.36. The number of Topliss-reactive ketones (excluding diaryl/α,β-unsaturated/α-hetero) is 1. The molecule has 3 aromatic rings. The van der Waals surface area contributed by atoms with Crippen molar-refractivity contribution in [3.8, 4) is 16.3 Å². The molecule has 140 valence electrons. The highest BCUT2D eigenvalue weighted by Gasteiger charge is 2.16. The van der Waals surface area contributed by atoms with Crippen molar-refractivity contribution in [3.05, 3.63) is 58.6 Å². The van der Waals surface area contributed by atoms with E-state index in [1.807, 2.05) is 0 Å². The van der Waals surface area contributed by atoms with E-state index in [1.165, 1.54) is 29.7 Å². The largest absolute Gasteiger partial charge is 0.505 e. The average Bonchev–Trinajstić information content (AvgIpc) is 3.22. The summed E-state index contributed by atoms with van der Waals surface area (Å²) in [5.74, 6) is -2.24. The number of aromatic carboxylic acids is 1. The van der Waals surface area contributed by atoms with Crippen LogP contribution >= 0.6 is 11.3 Å². The smallest absolute Gasteiger partial charge is 0.337 e. The van der Waals surface area contributed by atoms with E-state index in [0.29, 0.717) is 22.6 Å². The predicted octanol–water partition coefficient (Wildman–Crippen LogP) is 3.44. The lowest BCUT2D eigenvalue weighted by molar-refractivity contribution is -0.118. The number of ketones is 1. The molecule has 0 amide bonds. The molecular formula is C19H17FN2O4S. The zero-order chi connectivity index (χ0) is 19.6. The zero-order valence-corrected chi connectivity index (χ0v) is 15.3. The number of phenolic OH excluding ortho intramolecular Hbond substituents is 1. The second-order valence-corrected chi connectivity index (χ2v) is 7.30. The van der Waals surface area contributed by atoms with E-state index in [1.54, 1.807) is 30.1 Å². The molecule has 0 aliphatic rings. The molecular weight excluding hydrogens is 371 g/mol. The lowest BCUT2D eigenvalue weighted by Crippen LogP contribution is -2.07. The normalized spacial score (nSPS) is 10.9. The van der Waals surface area contributed by atoms with Crippen LogP contribution in [0.15, 0.2) is 36.8 Å². The van der Waals surface area contributed by atoms with E-state index in [0.717, 1.165) is 4.88 Å². The predicted molar refractivity (Wildman–Crippen MR) is 98.6 cm³/mol. The van der Waals surface area contributed by atoms with Crippen LogP contribution in [0, 0.1) is 5.82 Å². The molecule has 8 heteroatoms. The number of aromatic hydroxyl groups is 1. The highest BCUT2D eigenvalue weighted by Crippen LogP contribution is 2.29. The van der Waals surface area contributed by atoms with Crippen molar-refractivity contribution in [1.82, 2.24) is 9.55 Å². The van der Waals surface area contributed by atoms with Gasteiger partial charge >= 0.3 is 5.97 Å². The van der Waals surface area contributed by atoms with Gasteiger partial charge in [-0.25, -0.2) is 14.2 Å². The summed E-state index contributed by atoms with van der Waals surface area (Å²) in [6, 6.07) is 4.07. The monoisotopic (exact) mass is 388 g/mol. The molecule has 6 nitrogen and oxygen atoms in total. The Morgan fingerprint density at radius 3 is 2.78 bits per heavy atom. The van der Waals surface area contributed by atoms with Crippen molar-refractivity contribution in [3.63, 3.8) is 0 Å². The molecule has 0 fully saturated rings. The Hall–Kier alpha value is -3.00. The Labute approximate surface area is 158 Å². The zero-order valence-electron chi connectivity index (χ0n) is 14.5. The first-order valence-corrected chi connectivity index (χ1v) is 8.98. The lowest BCUT2D eigenvalue weighted by Gasteiger charge is -2.00. The molecule has 2 heterocycles. The number of halogens is 1. The molecule has 0 saturated heterocycles. The summed E-state index contributed by atoms with van der Waals surface area (Å²) in [4.78, 5) is 28.5. The van der Waals surface area contributed by atoms with Crippen LogP contribution in [0.1, 0.15) is 27.2 Å². The number of hydrogen-bond acceptors (Lipinski definition) is 5. The number of aryl methyl sites for hydroxylation is 2. The van der Waals surface area contributed by atoms with Crippen LogP contribution in [0.5, 0.6) is 5.75 Å². The number of carboxylic acid groups (broad SMARTS) is 1. The molecule has 0 aliphatic heterocycles. The maximum atomic E-state index is 13.5. The van der Waals surface area contributed by atoms with Gasteiger partial charge in [0.15, 0.2) is 11.6 Å². The van der Waals surface area contributed by atoms with Crippen molar-refractivity contribution in [1.29, 1.82) is 0 Å². The first-order chi connectivity index (χ1) is 12.8. The number of hydrogen-bond donors (Lipinski definition) is 2. The highest BCUT2D eigenvalue weighted by atomic mass is 32.1. The number of thiazole rings is 1. The highest BCUT2D eigenvalue weighted by molar-refractivity contribution is 7.15. The Bertz CT molecular complexity index is 1010. The summed E-state index contributed by atoms with van der Waals surface area (Å²) < 4.78 is 15.1. The minimum atomic E-state index is -1.05. The minimum Gasteiger partial charge on any atom is -0.505 e. The van der Waals surface area contributed by atoms with Gasteiger partial charge in [-0.2, -0.15) is 0 Å².